The lowest BCUT2D eigenvalue weighted by Gasteiger charge is -2.34. The summed E-state index contributed by atoms with van der Waals surface area (Å²) in [4.78, 5) is 20.2. The summed E-state index contributed by atoms with van der Waals surface area (Å²) >= 11 is 0. The maximum Gasteiger partial charge on any atom is 0.410 e. The van der Waals surface area contributed by atoms with E-state index < -0.39 is 12.2 Å². The van der Waals surface area contributed by atoms with E-state index >= 15 is 0 Å². The number of benzene rings is 1. The second kappa shape index (κ2) is 8.73. The average Bonchev–Trinajstić information content (AvgIpc) is 3.09. The van der Waals surface area contributed by atoms with E-state index in [4.69, 9.17) is 9.26 Å². The van der Waals surface area contributed by atoms with E-state index in [0.717, 1.165) is 0 Å². The maximum absolute atomic E-state index is 12.6. The Bertz CT molecular complexity index is 830. The molecular weight excluding hydrogens is 386 g/mol. The average molecular weight is 410 g/mol. The molecule has 2 aromatic rings. The van der Waals surface area contributed by atoms with Gasteiger partial charge in [-0.1, -0.05) is 17.3 Å². The molecule has 158 valence electrons. The topological polar surface area (TPSA) is 80.9 Å². The van der Waals surface area contributed by atoms with Crippen molar-refractivity contribution in [2.75, 3.05) is 26.2 Å². The van der Waals surface area contributed by atoms with Crippen molar-refractivity contribution in [3.8, 4) is 17.1 Å². The van der Waals surface area contributed by atoms with Crippen molar-refractivity contribution < 1.29 is 27.6 Å². The van der Waals surface area contributed by atoms with Crippen LogP contribution in [0.1, 0.15) is 26.7 Å². The Morgan fingerprint density at radius 3 is 2.55 bits per heavy atom. The number of carbonyl (C=O) groups is 1. The SMILES string of the molecule is CC(C)(C)OC(=O)N1CCN(Cc2nc(-c3ccccc3OC(F)F)no2)CC1. The molecule has 1 aliphatic rings. The minimum atomic E-state index is -2.94. The van der Waals surface area contributed by atoms with Crippen LogP contribution in [0.2, 0.25) is 0 Å². The minimum absolute atomic E-state index is 0.0131. The quantitative estimate of drug-likeness (QED) is 0.747. The molecule has 0 bridgehead atoms. The molecule has 29 heavy (non-hydrogen) atoms. The van der Waals surface area contributed by atoms with E-state index in [1.54, 1.807) is 23.1 Å². The highest BCUT2D eigenvalue weighted by Crippen LogP contribution is 2.29. The molecule has 10 heteroatoms. The van der Waals surface area contributed by atoms with E-state index in [1.165, 1.54) is 6.07 Å². The van der Waals surface area contributed by atoms with Crippen LogP contribution in [-0.4, -0.2) is 64.4 Å². The van der Waals surface area contributed by atoms with Crippen molar-refractivity contribution in [3.05, 3.63) is 30.2 Å². The Balaban J connectivity index is 1.58. The van der Waals surface area contributed by atoms with Gasteiger partial charge in [0.2, 0.25) is 11.7 Å². The molecule has 1 amide bonds. The summed E-state index contributed by atoms with van der Waals surface area (Å²) in [5.74, 6) is 0.530. The second-order valence-corrected chi connectivity index (χ2v) is 7.63. The first kappa shape index (κ1) is 21.0. The van der Waals surface area contributed by atoms with Gasteiger partial charge in [0.1, 0.15) is 11.4 Å². The molecule has 0 unspecified atom stereocenters. The number of piperazine rings is 1. The van der Waals surface area contributed by atoms with Gasteiger partial charge in [-0.15, -0.1) is 0 Å². The lowest BCUT2D eigenvalue weighted by molar-refractivity contribution is -0.0494. The molecule has 1 aliphatic heterocycles. The molecule has 0 atom stereocenters. The summed E-state index contributed by atoms with van der Waals surface area (Å²) < 4.78 is 40.3. The Morgan fingerprint density at radius 1 is 1.21 bits per heavy atom. The summed E-state index contributed by atoms with van der Waals surface area (Å²) in [6.45, 7) is 5.26. The fourth-order valence-electron chi connectivity index (χ4n) is 2.88. The normalized spacial score (nSPS) is 15.6. The number of nitrogens with zero attached hydrogens (tertiary/aromatic N) is 4. The third-order valence-corrected chi connectivity index (χ3v) is 4.19. The Hall–Kier alpha value is -2.75. The lowest BCUT2D eigenvalue weighted by Crippen LogP contribution is -2.49. The number of para-hydroxylation sites is 1. The van der Waals surface area contributed by atoms with E-state index in [-0.39, 0.29) is 17.7 Å². The summed E-state index contributed by atoms with van der Waals surface area (Å²) in [6, 6.07) is 6.28. The summed E-state index contributed by atoms with van der Waals surface area (Å²) in [5.41, 5.74) is -0.198. The first-order valence-corrected chi connectivity index (χ1v) is 9.28. The molecule has 8 nitrogen and oxygen atoms in total. The van der Waals surface area contributed by atoms with Crippen LogP contribution in [0.25, 0.3) is 11.4 Å². The van der Waals surface area contributed by atoms with Crippen molar-refractivity contribution in [1.82, 2.24) is 19.9 Å². The summed E-state index contributed by atoms with van der Waals surface area (Å²) in [5, 5.41) is 3.88. The number of halogens is 2. The van der Waals surface area contributed by atoms with Crippen LogP contribution in [0.4, 0.5) is 13.6 Å². The van der Waals surface area contributed by atoms with Gasteiger partial charge in [-0.2, -0.15) is 13.8 Å². The highest BCUT2D eigenvalue weighted by Gasteiger charge is 2.26. The van der Waals surface area contributed by atoms with Gasteiger partial charge in [-0.3, -0.25) is 4.90 Å². The number of hydrogen-bond acceptors (Lipinski definition) is 7. The molecule has 2 heterocycles. The number of aromatic nitrogens is 2. The first-order valence-electron chi connectivity index (χ1n) is 9.28. The molecule has 3 rings (SSSR count). The largest absolute Gasteiger partial charge is 0.444 e. The second-order valence-electron chi connectivity index (χ2n) is 7.63. The van der Waals surface area contributed by atoms with Gasteiger partial charge in [-0.05, 0) is 32.9 Å². The first-order chi connectivity index (χ1) is 13.7. The Morgan fingerprint density at radius 2 is 1.90 bits per heavy atom. The molecule has 1 aromatic heterocycles. The highest BCUT2D eigenvalue weighted by atomic mass is 19.3. The maximum atomic E-state index is 12.6. The van der Waals surface area contributed by atoms with Crippen LogP contribution < -0.4 is 4.74 Å². The van der Waals surface area contributed by atoms with Gasteiger partial charge in [0, 0.05) is 26.2 Å². The molecule has 0 spiro atoms. The molecule has 0 aliphatic carbocycles. The number of rotatable bonds is 5. The van der Waals surface area contributed by atoms with Crippen molar-refractivity contribution >= 4 is 6.09 Å². The van der Waals surface area contributed by atoms with Gasteiger partial charge < -0.3 is 18.9 Å². The van der Waals surface area contributed by atoms with Crippen molar-refractivity contribution in [1.29, 1.82) is 0 Å². The van der Waals surface area contributed by atoms with Gasteiger partial charge in [-0.25, -0.2) is 4.79 Å². The zero-order chi connectivity index (χ0) is 21.0. The van der Waals surface area contributed by atoms with Crippen LogP contribution in [0.3, 0.4) is 0 Å². The molecular formula is C19H24F2N4O4. The predicted molar refractivity (Wildman–Crippen MR) is 99.5 cm³/mol. The summed E-state index contributed by atoms with van der Waals surface area (Å²) in [6.07, 6.45) is -0.326. The molecule has 1 saturated heterocycles. The van der Waals surface area contributed by atoms with E-state index in [9.17, 15) is 13.6 Å². The van der Waals surface area contributed by atoms with Crippen LogP contribution in [0.5, 0.6) is 5.75 Å². The monoisotopic (exact) mass is 410 g/mol. The highest BCUT2D eigenvalue weighted by molar-refractivity contribution is 5.68. The van der Waals surface area contributed by atoms with Gasteiger partial charge in [0.15, 0.2) is 0 Å². The van der Waals surface area contributed by atoms with Crippen molar-refractivity contribution in [2.24, 2.45) is 0 Å². The van der Waals surface area contributed by atoms with Crippen LogP contribution in [-0.2, 0) is 11.3 Å². The van der Waals surface area contributed by atoms with Crippen LogP contribution in [0.15, 0.2) is 28.8 Å². The minimum Gasteiger partial charge on any atom is -0.444 e. The number of hydrogen-bond donors (Lipinski definition) is 0. The number of ether oxygens (including phenoxy) is 2. The van der Waals surface area contributed by atoms with Gasteiger partial charge in [0.25, 0.3) is 0 Å². The fraction of sp³-hybridized carbons (Fsp3) is 0.526. The molecule has 1 aromatic carbocycles. The van der Waals surface area contributed by atoms with Gasteiger partial charge >= 0.3 is 12.7 Å². The predicted octanol–water partition coefficient (Wildman–Crippen LogP) is 3.39. The van der Waals surface area contributed by atoms with Crippen molar-refractivity contribution in [2.45, 2.75) is 39.5 Å². The van der Waals surface area contributed by atoms with Crippen molar-refractivity contribution in [3.63, 3.8) is 0 Å². The number of amides is 1. The van der Waals surface area contributed by atoms with Crippen LogP contribution in [0, 0.1) is 0 Å². The lowest BCUT2D eigenvalue weighted by atomic mass is 10.2. The Labute approximate surface area is 167 Å². The van der Waals surface area contributed by atoms with E-state index in [2.05, 4.69) is 19.8 Å². The third-order valence-electron chi connectivity index (χ3n) is 4.19. The molecule has 0 N–H and O–H groups in total. The molecule has 0 saturated carbocycles. The molecule has 0 radical (unpaired) electrons. The number of alkyl halides is 2. The van der Waals surface area contributed by atoms with Crippen LogP contribution >= 0.6 is 0 Å². The third kappa shape index (κ3) is 5.86. The fourth-order valence-corrected chi connectivity index (χ4v) is 2.88. The zero-order valence-electron chi connectivity index (χ0n) is 16.6. The number of carbonyl (C=O) groups excluding carboxylic acids is 1. The van der Waals surface area contributed by atoms with E-state index in [1.807, 2.05) is 20.8 Å². The standard InChI is InChI=1S/C19H24F2N4O4/c1-19(2,3)28-18(26)25-10-8-24(9-11-25)12-15-22-16(23-29-15)13-6-4-5-7-14(13)27-17(20)21/h4-7,17H,8-12H2,1-3H3. The summed E-state index contributed by atoms with van der Waals surface area (Å²) in [7, 11) is 0. The van der Waals surface area contributed by atoms with E-state index in [0.29, 0.717) is 44.2 Å². The Kier molecular flexibility index (Phi) is 6.31. The zero-order valence-corrected chi connectivity index (χ0v) is 16.6. The smallest absolute Gasteiger partial charge is 0.410 e. The van der Waals surface area contributed by atoms with Gasteiger partial charge in [0.05, 0.1) is 12.1 Å². The molecule has 1 fully saturated rings.